The Morgan fingerprint density at radius 2 is 1.22 bits per heavy atom. The zero-order valence-corrected chi connectivity index (χ0v) is 13.5. The highest BCUT2D eigenvalue weighted by molar-refractivity contribution is 7.79. The van der Waals surface area contributed by atoms with Gasteiger partial charge in [0.25, 0.3) is 0 Å². The molecule has 0 aliphatic heterocycles. The quantitative estimate of drug-likeness (QED) is 0.734. The molecular weight excluding hydrogens is 303 g/mol. The Bertz CT molecular complexity index is 746. The Morgan fingerprint density at radius 1 is 0.739 bits per heavy atom. The van der Waals surface area contributed by atoms with Crippen molar-refractivity contribution in [2.75, 3.05) is 0 Å². The molecule has 3 aromatic rings. The molecule has 0 unspecified atom stereocenters. The van der Waals surface area contributed by atoms with E-state index in [0.29, 0.717) is 0 Å². The molecule has 3 aromatic carbocycles. The molecule has 0 bridgehead atoms. The second-order valence-corrected chi connectivity index (χ2v) is 7.39. The van der Waals surface area contributed by atoms with Crippen molar-refractivity contribution in [2.24, 2.45) is 0 Å². The van der Waals surface area contributed by atoms with Gasteiger partial charge in [0.2, 0.25) is 0 Å². The van der Waals surface area contributed by atoms with Crippen molar-refractivity contribution in [2.45, 2.75) is 6.42 Å². The van der Waals surface area contributed by atoms with E-state index in [4.69, 9.17) is 0 Å². The smallest absolute Gasteiger partial charge is 0.307 e. The van der Waals surface area contributed by atoms with E-state index >= 15 is 0 Å². The van der Waals surface area contributed by atoms with Gasteiger partial charge in [0.15, 0.2) is 0 Å². The summed E-state index contributed by atoms with van der Waals surface area (Å²) in [6.45, 7) is 0. The number of hydrogen-bond donors (Lipinski definition) is 1. The van der Waals surface area contributed by atoms with Gasteiger partial charge in [-0.05, 0) is 29.4 Å². The molecule has 0 fully saturated rings. The zero-order chi connectivity index (χ0) is 16.1. The van der Waals surface area contributed by atoms with Crippen LogP contribution in [0.5, 0.6) is 0 Å². The van der Waals surface area contributed by atoms with Crippen LogP contribution in [0.4, 0.5) is 0 Å². The van der Waals surface area contributed by atoms with Crippen LogP contribution in [0, 0.1) is 0 Å². The number of rotatable bonds is 5. The maximum Gasteiger partial charge on any atom is 0.307 e. The Labute approximate surface area is 137 Å². The van der Waals surface area contributed by atoms with Gasteiger partial charge < -0.3 is 5.11 Å². The lowest BCUT2D eigenvalue weighted by Gasteiger charge is -2.21. The van der Waals surface area contributed by atoms with Gasteiger partial charge in [-0.15, -0.1) is 0 Å². The molecule has 0 radical (unpaired) electrons. The monoisotopic (exact) mass is 320 g/mol. The van der Waals surface area contributed by atoms with E-state index in [2.05, 4.69) is 30.3 Å². The first-order valence-electron chi connectivity index (χ1n) is 7.45. The van der Waals surface area contributed by atoms with Gasteiger partial charge in [-0.25, -0.2) is 0 Å². The van der Waals surface area contributed by atoms with E-state index < -0.39 is 13.9 Å². The lowest BCUT2D eigenvalue weighted by molar-refractivity contribution is -0.136. The van der Waals surface area contributed by atoms with Crippen LogP contribution in [0.3, 0.4) is 0 Å². The van der Waals surface area contributed by atoms with E-state index in [1.165, 1.54) is 10.6 Å². The summed E-state index contributed by atoms with van der Waals surface area (Å²) < 4.78 is 0. The Kier molecular flexibility index (Phi) is 4.85. The minimum absolute atomic E-state index is 0.0503. The van der Waals surface area contributed by atoms with Crippen molar-refractivity contribution in [3.8, 4) is 0 Å². The number of benzene rings is 3. The molecule has 0 saturated heterocycles. The van der Waals surface area contributed by atoms with Gasteiger partial charge >= 0.3 is 5.97 Å². The average molecular weight is 320 g/mol. The van der Waals surface area contributed by atoms with E-state index in [1.807, 2.05) is 54.6 Å². The van der Waals surface area contributed by atoms with Crippen LogP contribution < -0.4 is 15.9 Å². The molecule has 3 rings (SSSR count). The van der Waals surface area contributed by atoms with Gasteiger partial charge in [-0.1, -0.05) is 84.9 Å². The van der Waals surface area contributed by atoms with Crippen molar-refractivity contribution in [3.63, 3.8) is 0 Å². The minimum atomic E-state index is -0.798. The van der Waals surface area contributed by atoms with Crippen molar-refractivity contribution < 1.29 is 9.90 Å². The number of aliphatic carboxylic acids is 1. The summed E-state index contributed by atoms with van der Waals surface area (Å²) >= 11 is 0. The molecule has 0 saturated carbocycles. The van der Waals surface area contributed by atoms with Crippen molar-refractivity contribution in [1.29, 1.82) is 0 Å². The molecule has 0 aliphatic rings. The van der Waals surface area contributed by atoms with Crippen LogP contribution in [0.25, 0.3) is 0 Å². The summed E-state index contributed by atoms with van der Waals surface area (Å²) in [6.07, 6.45) is 0.0503. The molecule has 0 atom stereocenters. The molecular formula is C20H17O2P. The summed E-state index contributed by atoms with van der Waals surface area (Å²) in [7, 11) is -0.761. The van der Waals surface area contributed by atoms with Crippen LogP contribution in [-0.4, -0.2) is 11.1 Å². The number of carboxylic acids is 1. The first kappa shape index (κ1) is 15.5. The normalized spacial score (nSPS) is 10.7. The zero-order valence-electron chi connectivity index (χ0n) is 12.6. The van der Waals surface area contributed by atoms with Crippen molar-refractivity contribution in [1.82, 2.24) is 0 Å². The maximum absolute atomic E-state index is 11.2. The summed E-state index contributed by atoms with van der Waals surface area (Å²) in [5.74, 6) is -0.798. The molecule has 23 heavy (non-hydrogen) atoms. The summed E-state index contributed by atoms with van der Waals surface area (Å²) in [4.78, 5) is 11.2. The van der Waals surface area contributed by atoms with Gasteiger partial charge in [0.05, 0.1) is 6.42 Å². The predicted molar refractivity (Wildman–Crippen MR) is 96.5 cm³/mol. The highest BCUT2D eigenvalue weighted by Gasteiger charge is 2.19. The van der Waals surface area contributed by atoms with Crippen LogP contribution >= 0.6 is 7.92 Å². The fraction of sp³-hybridized carbons (Fsp3) is 0.0500. The molecule has 2 nitrogen and oxygen atoms in total. The fourth-order valence-electron chi connectivity index (χ4n) is 2.62. The van der Waals surface area contributed by atoms with Gasteiger partial charge in [0, 0.05) is 0 Å². The lowest BCUT2D eigenvalue weighted by atomic mass is 10.1. The van der Waals surface area contributed by atoms with E-state index in [1.54, 1.807) is 0 Å². The molecule has 0 amide bonds. The molecule has 114 valence electrons. The first-order valence-corrected chi connectivity index (χ1v) is 8.80. The van der Waals surface area contributed by atoms with Crippen LogP contribution in [0.1, 0.15) is 5.56 Å². The third kappa shape index (κ3) is 3.67. The number of carbonyl (C=O) groups is 1. The van der Waals surface area contributed by atoms with E-state index in [0.717, 1.165) is 10.9 Å². The molecule has 0 spiro atoms. The Hall–Kier alpha value is -2.44. The van der Waals surface area contributed by atoms with Crippen LogP contribution in [-0.2, 0) is 11.2 Å². The van der Waals surface area contributed by atoms with Crippen LogP contribution in [0.15, 0.2) is 84.9 Å². The lowest BCUT2D eigenvalue weighted by Crippen LogP contribution is -2.24. The molecule has 0 heterocycles. The number of hydrogen-bond acceptors (Lipinski definition) is 1. The topological polar surface area (TPSA) is 37.3 Å². The van der Waals surface area contributed by atoms with Crippen molar-refractivity contribution >= 4 is 29.8 Å². The highest BCUT2D eigenvalue weighted by Crippen LogP contribution is 2.34. The third-order valence-electron chi connectivity index (χ3n) is 3.60. The largest absolute Gasteiger partial charge is 0.481 e. The minimum Gasteiger partial charge on any atom is -0.481 e. The average Bonchev–Trinajstić information content (AvgIpc) is 2.58. The third-order valence-corrected chi connectivity index (χ3v) is 6.15. The molecule has 0 aromatic heterocycles. The molecule has 0 aliphatic carbocycles. The first-order chi connectivity index (χ1) is 11.3. The SMILES string of the molecule is O=C(O)Cc1ccccc1P(c1ccccc1)c1ccccc1. The standard InChI is InChI=1S/C20H17O2P/c21-20(22)15-16-9-7-8-14-19(16)23(17-10-3-1-4-11-17)18-12-5-2-6-13-18/h1-14H,15H2,(H,21,22). The summed E-state index contributed by atoms with van der Waals surface area (Å²) in [6, 6.07) is 28.5. The van der Waals surface area contributed by atoms with Gasteiger partial charge in [-0.3, -0.25) is 4.79 Å². The Morgan fingerprint density at radius 3 is 1.74 bits per heavy atom. The molecule has 3 heteroatoms. The van der Waals surface area contributed by atoms with Crippen molar-refractivity contribution in [3.05, 3.63) is 90.5 Å². The van der Waals surface area contributed by atoms with E-state index in [9.17, 15) is 9.90 Å². The summed E-state index contributed by atoms with van der Waals surface area (Å²) in [5, 5.41) is 12.8. The second-order valence-electron chi connectivity index (χ2n) is 5.21. The highest BCUT2D eigenvalue weighted by atomic mass is 31.1. The fourth-order valence-corrected chi connectivity index (χ4v) is 5.09. The summed E-state index contributed by atoms with van der Waals surface area (Å²) in [5.41, 5.74) is 0.888. The Balaban J connectivity index is 2.15. The molecule has 1 N–H and O–H groups in total. The maximum atomic E-state index is 11.2. The predicted octanol–water partition coefficient (Wildman–Crippen LogP) is 3.07. The van der Waals surface area contributed by atoms with E-state index in [-0.39, 0.29) is 6.42 Å². The second kappa shape index (κ2) is 7.21. The van der Waals surface area contributed by atoms with Crippen LogP contribution in [0.2, 0.25) is 0 Å². The number of carboxylic acid groups (broad SMARTS) is 1. The van der Waals surface area contributed by atoms with Gasteiger partial charge in [-0.2, -0.15) is 0 Å². The van der Waals surface area contributed by atoms with Gasteiger partial charge in [0.1, 0.15) is 0 Å².